The minimum atomic E-state index is -1.17. The van der Waals surface area contributed by atoms with Crippen LogP contribution in [0.5, 0.6) is 5.75 Å². The number of aromatic nitrogens is 2. The number of nitrogens with zero attached hydrogens (tertiary/aromatic N) is 4. The zero-order valence-electron chi connectivity index (χ0n) is 17.2. The van der Waals surface area contributed by atoms with Gasteiger partial charge in [0, 0.05) is 24.8 Å². The maximum Gasteiger partial charge on any atom is 0.270 e. The number of aliphatic hydroxyl groups is 1. The Bertz CT molecular complexity index is 1220. The molecule has 1 aliphatic heterocycles. The number of aliphatic hydroxyl groups excluding tert-OH is 1. The van der Waals surface area contributed by atoms with Gasteiger partial charge in [-0.1, -0.05) is 6.07 Å². The Kier molecular flexibility index (Phi) is 5.00. The number of anilines is 1. The van der Waals surface area contributed by atoms with Gasteiger partial charge in [-0.25, -0.2) is 4.98 Å². The fourth-order valence-corrected chi connectivity index (χ4v) is 4.09. The number of fused-ring (bicyclic) bond motifs is 2. The quantitative estimate of drug-likeness (QED) is 0.277. The fraction of sp³-hybridized carbons (Fsp3) is 0.333. The van der Waals surface area contributed by atoms with E-state index in [1.165, 1.54) is 25.3 Å². The van der Waals surface area contributed by atoms with E-state index in [2.05, 4.69) is 10.3 Å². The Balaban J connectivity index is 2.04. The molecule has 4 rings (SSSR count). The van der Waals surface area contributed by atoms with Crippen molar-refractivity contribution in [3.05, 3.63) is 57.6 Å². The van der Waals surface area contributed by atoms with Crippen LogP contribution in [0.2, 0.25) is 0 Å². The van der Waals surface area contributed by atoms with Crippen molar-refractivity contribution in [1.29, 1.82) is 5.26 Å². The highest BCUT2D eigenvalue weighted by Crippen LogP contribution is 2.45. The van der Waals surface area contributed by atoms with E-state index < -0.39 is 22.7 Å². The smallest absolute Gasteiger partial charge is 0.270 e. The van der Waals surface area contributed by atoms with E-state index in [-0.39, 0.29) is 18.2 Å². The summed E-state index contributed by atoms with van der Waals surface area (Å²) < 4.78 is 13.0. The van der Waals surface area contributed by atoms with E-state index in [9.17, 15) is 20.5 Å². The summed E-state index contributed by atoms with van der Waals surface area (Å²) in [5, 5.41) is 34.7. The van der Waals surface area contributed by atoms with Crippen LogP contribution in [0.3, 0.4) is 0 Å². The zero-order chi connectivity index (χ0) is 22.3. The van der Waals surface area contributed by atoms with E-state index in [4.69, 9.17) is 9.47 Å². The molecule has 1 aromatic heterocycles. The largest absolute Gasteiger partial charge is 0.482 e. The van der Waals surface area contributed by atoms with Gasteiger partial charge in [0.1, 0.15) is 11.9 Å². The van der Waals surface area contributed by atoms with Crippen molar-refractivity contribution in [2.75, 3.05) is 19.0 Å². The first kappa shape index (κ1) is 20.6. The van der Waals surface area contributed by atoms with Gasteiger partial charge >= 0.3 is 0 Å². The third kappa shape index (κ3) is 3.34. The van der Waals surface area contributed by atoms with Crippen molar-refractivity contribution in [2.24, 2.45) is 0 Å². The SMILES string of the molecule is COC[C@@]1(C)Oc2ccc([N+](=O)[O-])cc2[C@H](n2c(NC#N)nc3ccc(C)cc32)[C@H]1O. The number of methoxy groups -OCH3 is 1. The van der Waals surface area contributed by atoms with Gasteiger partial charge in [-0.2, -0.15) is 5.26 Å². The van der Waals surface area contributed by atoms with Crippen LogP contribution in [0.1, 0.15) is 24.1 Å². The number of imidazole rings is 1. The van der Waals surface area contributed by atoms with Crippen molar-refractivity contribution in [3.63, 3.8) is 0 Å². The fourth-order valence-electron chi connectivity index (χ4n) is 4.09. The molecule has 0 unspecified atom stereocenters. The molecule has 1 aliphatic rings. The number of ether oxygens (including phenoxy) is 2. The van der Waals surface area contributed by atoms with E-state index in [0.717, 1.165) is 5.56 Å². The first-order chi connectivity index (χ1) is 14.8. The van der Waals surface area contributed by atoms with Crippen molar-refractivity contribution in [2.45, 2.75) is 31.6 Å². The molecule has 10 nitrogen and oxygen atoms in total. The lowest BCUT2D eigenvalue weighted by atomic mass is 9.85. The van der Waals surface area contributed by atoms with Gasteiger partial charge in [0.15, 0.2) is 11.8 Å². The summed E-state index contributed by atoms with van der Waals surface area (Å²) in [6.45, 7) is 3.70. The highest BCUT2D eigenvalue weighted by atomic mass is 16.6. The Hall–Kier alpha value is -3.68. The molecule has 0 saturated carbocycles. The van der Waals surface area contributed by atoms with Gasteiger partial charge in [0.2, 0.25) is 5.95 Å². The van der Waals surface area contributed by atoms with Crippen LogP contribution in [0, 0.1) is 28.5 Å². The molecule has 0 aliphatic carbocycles. The van der Waals surface area contributed by atoms with Gasteiger partial charge in [0.25, 0.3) is 5.69 Å². The minimum Gasteiger partial charge on any atom is -0.482 e. The average molecular weight is 423 g/mol. The second-order valence-corrected chi connectivity index (χ2v) is 7.75. The van der Waals surface area contributed by atoms with Gasteiger partial charge in [-0.15, -0.1) is 0 Å². The molecule has 2 heterocycles. The highest BCUT2D eigenvalue weighted by molar-refractivity contribution is 5.80. The summed E-state index contributed by atoms with van der Waals surface area (Å²) in [6, 6.07) is 9.02. The van der Waals surface area contributed by atoms with E-state index in [1.807, 2.05) is 31.3 Å². The van der Waals surface area contributed by atoms with Crippen LogP contribution < -0.4 is 10.1 Å². The number of nitriles is 1. The van der Waals surface area contributed by atoms with Crippen molar-refractivity contribution in [1.82, 2.24) is 9.55 Å². The van der Waals surface area contributed by atoms with Gasteiger partial charge < -0.3 is 14.6 Å². The number of non-ortho nitro benzene ring substituents is 1. The van der Waals surface area contributed by atoms with E-state index >= 15 is 0 Å². The summed E-state index contributed by atoms with van der Waals surface area (Å²) >= 11 is 0. The van der Waals surface area contributed by atoms with Crippen LogP contribution in [0.4, 0.5) is 11.6 Å². The third-order valence-electron chi connectivity index (χ3n) is 5.51. The first-order valence-corrected chi connectivity index (χ1v) is 9.57. The van der Waals surface area contributed by atoms with Crippen LogP contribution in [0.25, 0.3) is 11.0 Å². The van der Waals surface area contributed by atoms with E-state index in [1.54, 1.807) is 11.5 Å². The molecule has 0 spiro atoms. The molecule has 0 fully saturated rings. The van der Waals surface area contributed by atoms with Crippen LogP contribution in [-0.2, 0) is 4.74 Å². The van der Waals surface area contributed by atoms with Crippen LogP contribution in [-0.4, -0.2) is 45.0 Å². The molecule has 0 saturated heterocycles. The molecule has 2 N–H and O–H groups in total. The molecule has 10 heteroatoms. The predicted molar refractivity (Wildman–Crippen MR) is 112 cm³/mol. The molecule has 0 bridgehead atoms. The minimum absolute atomic E-state index is 0.0771. The lowest BCUT2D eigenvalue weighted by Crippen LogP contribution is -2.55. The second kappa shape index (κ2) is 7.54. The van der Waals surface area contributed by atoms with Gasteiger partial charge in [-0.05, 0) is 37.6 Å². The normalized spacial score (nSPS) is 22.4. The molecule has 3 aromatic rings. The Morgan fingerprint density at radius 1 is 1.42 bits per heavy atom. The number of nitro groups is 1. The molecular formula is C21H21N5O5. The van der Waals surface area contributed by atoms with Crippen molar-refractivity contribution in [3.8, 4) is 11.9 Å². The first-order valence-electron chi connectivity index (χ1n) is 9.57. The molecule has 31 heavy (non-hydrogen) atoms. The Labute approximate surface area is 177 Å². The summed E-state index contributed by atoms with van der Waals surface area (Å²) in [6.07, 6.45) is 0.707. The monoisotopic (exact) mass is 423 g/mol. The average Bonchev–Trinajstić information content (AvgIpc) is 3.06. The summed E-state index contributed by atoms with van der Waals surface area (Å²) in [4.78, 5) is 15.4. The summed E-state index contributed by atoms with van der Waals surface area (Å²) in [5.74, 6) is 0.601. The maximum absolute atomic E-state index is 11.5. The molecule has 2 aromatic carbocycles. The highest BCUT2D eigenvalue weighted by Gasteiger charge is 2.48. The van der Waals surface area contributed by atoms with Gasteiger partial charge in [-0.3, -0.25) is 20.0 Å². The van der Waals surface area contributed by atoms with Crippen molar-refractivity contribution >= 4 is 22.7 Å². The molecule has 3 atom stereocenters. The molecule has 0 amide bonds. The standard InChI is InChI=1S/C21H21N5O5/c1-12-4-6-15-16(8-12)25(20(24-15)23-11-22)18-14-9-13(26(28)29)5-7-17(14)31-21(2,10-30-3)19(18)27/h4-9,18-19,27H,10H2,1-3H3,(H,23,24)/t18-,19+,21+/m0/s1. The lowest BCUT2D eigenvalue weighted by molar-refractivity contribution is -0.385. The number of hydrogen-bond donors (Lipinski definition) is 2. The maximum atomic E-state index is 11.5. The predicted octanol–water partition coefficient (Wildman–Crippen LogP) is 2.89. The molecule has 0 radical (unpaired) electrons. The number of benzene rings is 2. The Morgan fingerprint density at radius 3 is 2.87 bits per heavy atom. The van der Waals surface area contributed by atoms with E-state index in [0.29, 0.717) is 22.3 Å². The lowest BCUT2D eigenvalue weighted by Gasteiger charge is -2.44. The van der Waals surface area contributed by atoms with Gasteiger partial charge in [0.05, 0.1) is 28.6 Å². The number of rotatable bonds is 5. The number of nitrogens with one attached hydrogen (secondary N) is 1. The number of nitro benzene ring substituents is 1. The summed E-state index contributed by atoms with van der Waals surface area (Å²) in [7, 11) is 1.50. The zero-order valence-corrected chi connectivity index (χ0v) is 17.2. The summed E-state index contributed by atoms with van der Waals surface area (Å²) in [5.41, 5.74) is 1.37. The molecular weight excluding hydrogens is 402 g/mol. The topological polar surface area (TPSA) is 135 Å². The number of hydrogen-bond acceptors (Lipinski definition) is 8. The molecule has 160 valence electrons. The van der Waals surface area contributed by atoms with Crippen molar-refractivity contribution < 1.29 is 19.5 Å². The van der Waals surface area contributed by atoms with Crippen LogP contribution >= 0.6 is 0 Å². The third-order valence-corrected chi connectivity index (χ3v) is 5.51. The second-order valence-electron chi connectivity index (χ2n) is 7.75. The number of aryl methyl sites for hydroxylation is 1. The van der Waals surface area contributed by atoms with Crippen LogP contribution in [0.15, 0.2) is 36.4 Å². The Morgan fingerprint density at radius 2 is 2.19 bits per heavy atom.